The van der Waals surface area contributed by atoms with Gasteiger partial charge in [-0.1, -0.05) is 30.0 Å². The Balaban J connectivity index is 1.47. The van der Waals surface area contributed by atoms with Crippen LogP contribution >= 0.6 is 11.8 Å². The molecule has 0 unspecified atom stereocenters. The molecule has 3 aromatic heterocycles. The smallest absolute Gasteiger partial charge is 0.295 e. The predicted octanol–water partition coefficient (Wildman–Crippen LogP) is 2.76. The summed E-state index contributed by atoms with van der Waals surface area (Å²) < 4.78 is 7.35. The van der Waals surface area contributed by atoms with Crippen LogP contribution in [0.4, 0.5) is 5.69 Å². The molecule has 1 aromatic carbocycles. The van der Waals surface area contributed by atoms with Crippen molar-refractivity contribution < 1.29 is 4.79 Å². The molecule has 33 heavy (non-hydrogen) atoms. The number of hydrogen-bond acceptors (Lipinski definition) is 5. The van der Waals surface area contributed by atoms with E-state index in [0.717, 1.165) is 17.2 Å². The molecule has 1 N–H and O–H groups in total. The molecule has 172 valence electrons. The van der Waals surface area contributed by atoms with Crippen molar-refractivity contribution in [1.29, 1.82) is 0 Å². The number of para-hydroxylation sites is 1. The molecule has 10 heteroatoms. The third kappa shape index (κ3) is 4.51. The molecule has 1 amide bonds. The zero-order valence-electron chi connectivity index (χ0n) is 19.1. The van der Waals surface area contributed by atoms with E-state index in [-0.39, 0.29) is 22.9 Å². The van der Waals surface area contributed by atoms with Crippen molar-refractivity contribution in [2.75, 3.05) is 11.1 Å². The number of benzene rings is 1. The first-order valence-electron chi connectivity index (χ1n) is 10.7. The van der Waals surface area contributed by atoms with Gasteiger partial charge >= 0.3 is 0 Å². The summed E-state index contributed by atoms with van der Waals surface area (Å²) in [7, 11) is 3.80. The van der Waals surface area contributed by atoms with Gasteiger partial charge in [0.15, 0.2) is 5.16 Å². The average molecular weight is 466 g/mol. The molecule has 3 heterocycles. The number of rotatable bonds is 8. The predicted molar refractivity (Wildman–Crippen MR) is 129 cm³/mol. The maximum absolute atomic E-state index is 13.0. The van der Waals surface area contributed by atoms with Crippen LogP contribution in [-0.4, -0.2) is 40.4 Å². The molecule has 0 bridgehead atoms. The zero-order valence-corrected chi connectivity index (χ0v) is 20.0. The van der Waals surface area contributed by atoms with Gasteiger partial charge in [-0.2, -0.15) is 0 Å². The quantitative estimate of drug-likeness (QED) is 0.404. The lowest BCUT2D eigenvalue weighted by Gasteiger charge is -2.08. The summed E-state index contributed by atoms with van der Waals surface area (Å²) in [6.45, 7) is 4.55. The van der Waals surface area contributed by atoms with Crippen LogP contribution < -0.4 is 10.9 Å². The van der Waals surface area contributed by atoms with Crippen molar-refractivity contribution in [2.24, 2.45) is 14.1 Å². The van der Waals surface area contributed by atoms with E-state index in [1.165, 1.54) is 11.8 Å². The highest BCUT2D eigenvalue weighted by Gasteiger charge is 2.19. The molecule has 0 fully saturated rings. The van der Waals surface area contributed by atoms with Gasteiger partial charge in [0, 0.05) is 39.0 Å². The Morgan fingerprint density at radius 2 is 1.85 bits per heavy atom. The molecule has 0 spiro atoms. The van der Waals surface area contributed by atoms with Crippen LogP contribution in [0.2, 0.25) is 0 Å². The fourth-order valence-corrected chi connectivity index (χ4v) is 4.56. The summed E-state index contributed by atoms with van der Waals surface area (Å²) in [6, 6.07) is 13.4. The number of aryl methyl sites for hydroxylation is 1. The Morgan fingerprint density at radius 3 is 2.52 bits per heavy atom. The zero-order chi connectivity index (χ0) is 23.5. The monoisotopic (exact) mass is 465 g/mol. The van der Waals surface area contributed by atoms with E-state index >= 15 is 0 Å². The van der Waals surface area contributed by atoms with Gasteiger partial charge in [0.05, 0.1) is 17.1 Å². The van der Waals surface area contributed by atoms with Crippen LogP contribution in [0.15, 0.2) is 58.6 Å². The summed E-state index contributed by atoms with van der Waals surface area (Å²) in [5, 5.41) is 12.1. The highest BCUT2D eigenvalue weighted by Crippen LogP contribution is 2.20. The van der Waals surface area contributed by atoms with Crippen molar-refractivity contribution in [1.82, 2.24) is 28.7 Å². The van der Waals surface area contributed by atoms with Gasteiger partial charge in [0.1, 0.15) is 11.5 Å². The fraction of sp³-hybridized carbons (Fsp3) is 0.304. The van der Waals surface area contributed by atoms with E-state index in [4.69, 9.17) is 0 Å². The first-order valence-corrected chi connectivity index (χ1v) is 11.7. The summed E-state index contributed by atoms with van der Waals surface area (Å²) >= 11 is 1.31. The molecule has 0 radical (unpaired) electrons. The fourth-order valence-electron chi connectivity index (χ4n) is 3.73. The number of aromatic nitrogens is 6. The molecular formula is C23H27N7O2S. The van der Waals surface area contributed by atoms with Crippen LogP contribution in [-0.2, 0) is 31.9 Å². The molecular weight excluding hydrogens is 438 g/mol. The molecule has 0 aliphatic carbocycles. The van der Waals surface area contributed by atoms with E-state index in [1.807, 2.05) is 68.1 Å². The second-order valence-corrected chi connectivity index (χ2v) is 8.65. The number of carbonyl (C=O) groups excluding carboxylic acids is 1. The minimum absolute atomic E-state index is 0.126. The number of amides is 1. The van der Waals surface area contributed by atoms with E-state index in [0.29, 0.717) is 23.8 Å². The molecule has 4 rings (SSSR count). The number of anilines is 1. The first kappa shape index (κ1) is 22.7. The van der Waals surface area contributed by atoms with Crippen LogP contribution in [0, 0.1) is 6.92 Å². The highest BCUT2D eigenvalue weighted by molar-refractivity contribution is 7.99. The molecule has 4 aromatic rings. The molecule has 0 saturated heterocycles. The van der Waals surface area contributed by atoms with Crippen LogP contribution in [0.5, 0.6) is 0 Å². The van der Waals surface area contributed by atoms with Crippen molar-refractivity contribution in [2.45, 2.75) is 32.0 Å². The summed E-state index contributed by atoms with van der Waals surface area (Å²) in [5.41, 5.74) is 2.59. The lowest BCUT2D eigenvalue weighted by Crippen LogP contribution is -2.23. The Bertz CT molecular complexity index is 1330. The Labute approximate surface area is 196 Å². The maximum atomic E-state index is 13.0. The molecule has 0 aliphatic heterocycles. The molecule has 0 saturated carbocycles. The van der Waals surface area contributed by atoms with Gasteiger partial charge in [0.2, 0.25) is 5.91 Å². The van der Waals surface area contributed by atoms with Crippen LogP contribution in [0.25, 0.3) is 5.69 Å². The Kier molecular flexibility index (Phi) is 6.55. The minimum Gasteiger partial charge on any atom is -0.354 e. The van der Waals surface area contributed by atoms with Gasteiger partial charge in [-0.15, -0.1) is 10.2 Å². The van der Waals surface area contributed by atoms with Gasteiger partial charge in [-0.3, -0.25) is 14.3 Å². The average Bonchev–Trinajstić information content (AvgIpc) is 3.46. The van der Waals surface area contributed by atoms with E-state index in [9.17, 15) is 9.59 Å². The second-order valence-electron chi connectivity index (χ2n) is 7.70. The normalized spacial score (nSPS) is 11.2. The first-order chi connectivity index (χ1) is 15.9. The van der Waals surface area contributed by atoms with Gasteiger partial charge < -0.3 is 14.5 Å². The number of hydrogen-bond donors (Lipinski definition) is 1. The third-order valence-corrected chi connectivity index (χ3v) is 6.62. The van der Waals surface area contributed by atoms with Crippen molar-refractivity contribution in [3.63, 3.8) is 0 Å². The van der Waals surface area contributed by atoms with Crippen molar-refractivity contribution in [3.8, 4) is 5.69 Å². The van der Waals surface area contributed by atoms with E-state index in [2.05, 4.69) is 26.1 Å². The Morgan fingerprint density at radius 1 is 1.09 bits per heavy atom. The van der Waals surface area contributed by atoms with Gasteiger partial charge in [-0.25, -0.2) is 4.68 Å². The lowest BCUT2D eigenvalue weighted by molar-refractivity contribution is -0.113. The van der Waals surface area contributed by atoms with Crippen LogP contribution in [0.3, 0.4) is 0 Å². The summed E-state index contributed by atoms with van der Waals surface area (Å²) in [6.07, 6.45) is 2.67. The maximum Gasteiger partial charge on any atom is 0.295 e. The number of carbonyl (C=O) groups is 1. The molecule has 0 atom stereocenters. The summed E-state index contributed by atoms with van der Waals surface area (Å²) in [4.78, 5) is 25.7. The largest absolute Gasteiger partial charge is 0.354 e. The number of thioether (sulfide) groups is 1. The van der Waals surface area contributed by atoms with Crippen molar-refractivity contribution >= 4 is 23.4 Å². The molecule has 9 nitrogen and oxygen atoms in total. The molecule has 0 aliphatic rings. The van der Waals surface area contributed by atoms with E-state index in [1.54, 1.807) is 16.4 Å². The lowest BCUT2D eigenvalue weighted by atomic mass is 10.3. The number of nitrogens with one attached hydrogen (secondary N) is 1. The third-order valence-electron chi connectivity index (χ3n) is 5.65. The van der Waals surface area contributed by atoms with Crippen molar-refractivity contribution in [3.05, 3.63) is 76.2 Å². The standard InChI is InChI=1S/C23H27N7O2S/c1-5-29-19(14-18-12-9-13-27(18)3)25-26-23(29)33-15-20(31)24-21-16(2)28(4)30(22(21)32)17-10-7-6-8-11-17/h6-13H,5,14-15H2,1-4H3,(H,24,31). The number of nitrogens with zero attached hydrogens (tertiary/aromatic N) is 6. The van der Waals surface area contributed by atoms with E-state index < -0.39 is 0 Å². The van der Waals surface area contributed by atoms with Crippen LogP contribution in [0.1, 0.15) is 24.1 Å². The Hall–Kier alpha value is -3.53. The SMILES string of the molecule is CCn1c(Cc2cccn2C)nnc1SCC(=O)Nc1c(C)n(C)n(-c2ccccc2)c1=O. The minimum atomic E-state index is -0.263. The summed E-state index contributed by atoms with van der Waals surface area (Å²) in [5.74, 6) is 0.717. The van der Waals surface area contributed by atoms with Gasteiger partial charge in [-0.05, 0) is 38.1 Å². The topological polar surface area (TPSA) is 91.7 Å². The second kappa shape index (κ2) is 9.53. The highest BCUT2D eigenvalue weighted by atomic mass is 32.2. The van der Waals surface area contributed by atoms with Gasteiger partial charge in [0.25, 0.3) is 5.56 Å².